The van der Waals surface area contributed by atoms with Gasteiger partial charge in [-0.15, -0.1) is 0 Å². The lowest BCUT2D eigenvalue weighted by atomic mass is 9.99. The Labute approximate surface area is 114 Å². The van der Waals surface area contributed by atoms with Crippen molar-refractivity contribution in [3.63, 3.8) is 0 Å². The molecule has 4 heteroatoms. The molecule has 98 valence electrons. The Bertz CT molecular complexity index is 260. The molecular formula is C13H22O2S2. The van der Waals surface area contributed by atoms with Gasteiger partial charge in [-0.05, 0) is 51.2 Å². The lowest BCUT2D eigenvalue weighted by molar-refractivity contribution is -0.117. The monoisotopic (exact) mass is 274 g/mol. The van der Waals surface area contributed by atoms with Gasteiger partial charge in [0.1, 0.15) is 5.78 Å². The summed E-state index contributed by atoms with van der Waals surface area (Å²) in [6.07, 6.45) is 6.82. The van der Waals surface area contributed by atoms with Gasteiger partial charge in [0.05, 0.1) is 6.61 Å². The van der Waals surface area contributed by atoms with Crippen LogP contribution in [0, 0.1) is 5.92 Å². The van der Waals surface area contributed by atoms with Crippen LogP contribution in [0.3, 0.4) is 0 Å². The molecule has 0 saturated heterocycles. The highest BCUT2D eigenvalue weighted by Crippen LogP contribution is 2.37. The third-order valence-electron chi connectivity index (χ3n) is 3.22. The van der Waals surface area contributed by atoms with Gasteiger partial charge < -0.3 is 9.53 Å². The van der Waals surface area contributed by atoms with Crippen LogP contribution in [0.15, 0.2) is 0 Å². The minimum atomic E-state index is 0.274. The zero-order valence-corrected chi connectivity index (χ0v) is 12.4. The average Bonchev–Trinajstić information content (AvgIpc) is 2.77. The van der Waals surface area contributed by atoms with E-state index < -0.39 is 0 Å². The van der Waals surface area contributed by atoms with Gasteiger partial charge in [0.2, 0.25) is 4.38 Å². The van der Waals surface area contributed by atoms with Crippen LogP contribution in [0.1, 0.15) is 52.4 Å². The second-order valence-corrected chi connectivity index (χ2v) is 6.47. The first-order valence-electron chi connectivity index (χ1n) is 6.46. The van der Waals surface area contributed by atoms with Crippen molar-refractivity contribution < 1.29 is 9.53 Å². The number of thiocarbonyl (C=S) groups is 1. The molecule has 0 aromatic carbocycles. The minimum absolute atomic E-state index is 0.274. The molecule has 0 aromatic heterocycles. The summed E-state index contributed by atoms with van der Waals surface area (Å²) in [5.41, 5.74) is 0. The SMILES string of the molecule is CCOC(=S)SC(CCC(C)=O)C1CCCC1. The van der Waals surface area contributed by atoms with Crippen LogP contribution in [0.2, 0.25) is 0 Å². The molecule has 0 bridgehead atoms. The summed E-state index contributed by atoms with van der Waals surface area (Å²) in [6, 6.07) is 0. The van der Waals surface area contributed by atoms with Crippen LogP contribution in [0.4, 0.5) is 0 Å². The quantitative estimate of drug-likeness (QED) is 0.685. The summed E-state index contributed by atoms with van der Waals surface area (Å²) < 4.78 is 5.99. The number of ether oxygens (including phenoxy) is 1. The lowest BCUT2D eigenvalue weighted by Gasteiger charge is -2.22. The molecule has 1 unspecified atom stereocenters. The smallest absolute Gasteiger partial charge is 0.220 e. The number of Topliss-reactive ketones (excluding diaryl/α,β-unsaturated/α-hetero) is 1. The predicted octanol–water partition coefficient (Wildman–Crippen LogP) is 3.97. The second kappa shape index (κ2) is 8.09. The maximum Gasteiger partial charge on any atom is 0.220 e. The summed E-state index contributed by atoms with van der Waals surface area (Å²) in [7, 11) is 0. The second-order valence-electron chi connectivity index (χ2n) is 4.62. The Hall–Kier alpha value is -0.0900. The van der Waals surface area contributed by atoms with Gasteiger partial charge in [0, 0.05) is 11.7 Å². The molecule has 0 amide bonds. The van der Waals surface area contributed by atoms with E-state index in [1.54, 1.807) is 18.7 Å². The van der Waals surface area contributed by atoms with Crippen molar-refractivity contribution in [3.05, 3.63) is 0 Å². The fourth-order valence-corrected chi connectivity index (χ4v) is 3.96. The number of ketones is 1. The number of hydrogen-bond donors (Lipinski definition) is 0. The first kappa shape index (κ1) is 15.0. The van der Waals surface area contributed by atoms with E-state index in [2.05, 4.69) is 0 Å². The van der Waals surface area contributed by atoms with E-state index in [-0.39, 0.29) is 5.78 Å². The Kier molecular flexibility index (Phi) is 7.12. The molecule has 0 aromatic rings. The first-order chi connectivity index (χ1) is 8.13. The van der Waals surface area contributed by atoms with Gasteiger partial charge in [0.25, 0.3) is 0 Å². The zero-order valence-electron chi connectivity index (χ0n) is 10.7. The van der Waals surface area contributed by atoms with Crippen LogP contribution < -0.4 is 0 Å². The molecule has 0 radical (unpaired) electrons. The van der Waals surface area contributed by atoms with E-state index in [4.69, 9.17) is 17.0 Å². The van der Waals surface area contributed by atoms with Gasteiger partial charge >= 0.3 is 0 Å². The maximum atomic E-state index is 11.1. The molecule has 2 nitrogen and oxygen atoms in total. The predicted molar refractivity (Wildman–Crippen MR) is 77.5 cm³/mol. The van der Waals surface area contributed by atoms with Crippen LogP contribution in [0.5, 0.6) is 0 Å². The molecule has 0 N–H and O–H groups in total. The largest absolute Gasteiger partial charge is 0.479 e. The van der Waals surface area contributed by atoms with Gasteiger partial charge in [-0.1, -0.05) is 24.6 Å². The van der Waals surface area contributed by atoms with Gasteiger partial charge in [-0.25, -0.2) is 0 Å². The van der Waals surface area contributed by atoms with Crippen molar-refractivity contribution in [3.8, 4) is 0 Å². The topological polar surface area (TPSA) is 26.3 Å². The molecule has 1 rings (SSSR count). The lowest BCUT2D eigenvalue weighted by Crippen LogP contribution is -2.18. The average molecular weight is 274 g/mol. The normalized spacial score (nSPS) is 18.0. The third-order valence-corrected chi connectivity index (χ3v) is 4.86. The van der Waals surface area contributed by atoms with E-state index in [0.29, 0.717) is 22.7 Å². The van der Waals surface area contributed by atoms with Crippen molar-refractivity contribution in [1.82, 2.24) is 0 Å². The van der Waals surface area contributed by atoms with Crippen LogP contribution in [-0.2, 0) is 9.53 Å². The summed E-state index contributed by atoms with van der Waals surface area (Å²) >= 11 is 6.87. The molecule has 0 heterocycles. The van der Waals surface area contributed by atoms with Gasteiger partial charge in [-0.2, -0.15) is 0 Å². The fraction of sp³-hybridized carbons (Fsp3) is 0.846. The molecule has 0 spiro atoms. The summed E-state index contributed by atoms with van der Waals surface area (Å²) in [4.78, 5) is 11.1. The highest BCUT2D eigenvalue weighted by Gasteiger charge is 2.27. The molecule has 1 saturated carbocycles. The van der Waals surface area contributed by atoms with Gasteiger partial charge in [0.15, 0.2) is 0 Å². The van der Waals surface area contributed by atoms with Crippen molar-refractivity contribution >= 4 is 34.1 Å². The fourth-order valence-electron chi connectivity index (χ4n) is 2.34. The number of rotatable bonds is 6. The molecule has 1 aliphatic carbocycles. The molecular weight excluding hydrogens is 252 g/mol. The van der Waals surface area contributed by atoms with Crippen molar-refractivity contribution in [2.75, 3.05) is 6.61 Å². The molecule has 1 aliphatic rings. The van der Waals surface area contributed by atoms with E-state index in [9.17, 15) is 4.79 Å². The minimum Gasteiger partial charge on any atom is -0.479 e. The molecule has 0 aliphatic heterocycles. The Morgan fingerprint density at radius 1 is 1.47 bits per heavy atom. The van der Waals surface area contributed by atoms with Crippen molar-refractivity contribution in [1.29, 1.82) is 0 Å². The van der Waals surface area contributed by atoms with E-state index in [1.165, 1.54) is 25.7 Å². The summed E-state index contributed by atoms with van der Waals surface area (Å²) in [5, 5.41) is 0.473. The van der Waals surface area contributed by atoms with Crippen LogP contribution in [-0.4, -0.2) is 22.0 Å². The summed E-state index contributed by atoms with van der Waals surface area (Å²) in [6.45, 7) is 4.25. The van der Waals surface area contributed by atoms with E-state index in [1.807, 2.05) is 6.92 Å². The highest BCUT2D eigenvalue weighted by molar-refractivity contribution is 8.23. The number of hydrogen-bond acceptors (Lipinski definition) is 4. The number of carbonyl (C=O) groups is 1. The first-order valence-corrected chi connectivity index (χ1v) is 7.75. The van der Waals surface area contributed by atoms with E-state index in [0.717, 1.165) is 12.3 Å². The Morgan fingerprint density at radius 3 is 2.65 bits per heavy atom. The van der Waals surface area contributed by atoms with Crippen LogP contribution >= 0.6 is 24.0 Å². The highest BCUT2D eigenvalue weighted by atomic mass is 32.2. The zero-order chi connectivity index (χ0) is 12.7. The molecule has 17 heavy (non-hydrogen) atoms. The Balaban J connectivity index is 2.45. The molecule has 1 atom stereocenters. The standard InChI is InChI=1S/C13H22O2S2/c1-3-15-13(16)17-12(9-8-10(2)14)11-6-4-5-7-11/h11-12H,3-9H2,1-2H3. The Morgan fingerprint density at radius 2 is 2.12 bits per heavy atom. The maximum absolute atomic E-state index is 11.1. The van der Waals surface area contributed by atoms with E-state index >= 15 is 0 Å². The number of thioether (sulfide) groups is 1. The van der Waals surface area contributed by atoms with Crippen molar-refractivity contribution in [2.45, 2.75) is 57.6 Å². The van der Waals surface area contributed by atoms with Crippen LogP contribution in [0.25, 0.3) is 0 Å². The summed E-state index contributed by atoms with van der Waals surface area (Å²) in [5.74, 6) is 0.994. The third kappa shape index (κ3) is 5.87. The number of carbonyl (C=O) groups excluding carboxylic acids is 1. The van der Waals surface area contributed by atoms with Crippen molar-refractivity contribution in [2.24, 2.45) is 5.92 Å². The van der Waals surface area contributed by atoms with Gasteiger partial charge in [-0.3, -0.25) is 0 Å². The molecule has 1 fully saturated rings.